The van der Waals surface area contributed by atoms with Gasteiger partial charge in [0, 0.05) is 18.1 Å². The molecule has 4 heteroatoms. The minimum Gasteiger partial charge on any atom is -0.272 e. The molecular formula is C11H13N3O. The predicted molar refractivity (Wildman–Crippen MR) is 58.6 cm³/mol. The van der Waals surface area contributed by atoms with Gasteiger partial charge in [0.05, 0.1) is 11.6 Å². The van der Waals surface area contributed by atoms with Gasteiger partial charge in [-0.25, -0.2) is 5.01 Å². The highest BCUT2D eigenvalue weighted by atomic mass is 16.2. The molecule has 1 aromatic rings. The van der Waals surface area contributed by atoms with E-state index in [0.29, 0.717) is 0 Å². The zero-order chi connectivity index (χ0) is 10.8. The van der Waals surface area contributed by atoms with Crippen LogP contribution in [0.25, 0.3) is 0 Å². The summed E-state index contributed by atoms with van der Waals surface area (Å²) in [6.07, 6.45) is 4.12. The number of amides is 1. The molecule has 1 unspecified atom stereocenters. The molecule has 2 heterocycles. The van der Waals surface area contributed by atoms with Crippen LogP contribution in [0.3, 0.4) is 0 Å². The Morgan fingerprint density at radius 1 is 1.40 bits per heavy atom. The summed E-state index contributed by atoms with van der Waals surface area (Å²) in [6, 6.07) is 3.57. The molecular weight excluding hydrogens is 190 g/mol. The lowest BCUT2D eigenvalue weighted by Crippen LogP contribution is -2.26. The lowest BCUT2D eigenvalue weighted by atomic mass is 10.0. The average Bonchev–Trinajstić information content (AvgIpc) is 2.55. The van der Waals surface area contributed by atoms with Gasteiger partial charge in [-0.1, -0.05) is 6.92 Å². The first-order valence-electron chi connectivity index (χ1n) is 5.03. The largest absolute Gasteiger partial charge is 0.272 e. The number of anilines is 1. The number of pyridine rings is 1. The van der Waals surface area contributed by atoms with E-state index in [1.807, 2.05) is 13.8 Å². The van der Waals surface area contributed by atoms with E-state index < -0.39 is 0 Å². The Hall–Kier alpha value is -1.71. The van der Waals surface area contributed by atoms with Gasteiger partial charge in [0.25, 0.3) is 5.91 Å². The minimum absolute atomic E-state index is 0.0567. The summed E-state index contributed by atoms with van der Waals surface area (Å²) < 4.78 is 0. The van der Waals surface area contributed by atoms with Crippen LogP contribution in [0.2, 0.25) is 0 Å². The average molecular weight is 203 g/mol. The molecule has 0 aliphatic carbocycles. The van der Waals surface area contributed by atoms with Crippen molar-refractivity contribution >= 4 is 17.3 Å². The van der Waals surface area contributed by atoms with Crippen LogP contribution in [0.5, 0.6) is 0 Å². The summed E-state index contributed by atoms with van der Waals surface area (Å²) in [5, 5.41) is 5.73. The zero-order valence-electron chi connectivity index (χ0n) is 8.84. The molecule has 4 nitrogen and oxygen atoms in total. The number of hydrogen-bond donors (Lipinski definition) is 0. The predicted octanol–water partition coefficient (Wildman–Crippen LogP) is 1.83. The first-order valence-corrected chi connectivity index (χ1v) is 5.03. The first kappa shape index (κ1) is 9.83. The monoisotopic (exact) mass is 203 g/mol. The minimum atomic E-state index is -0.0573. The van der Waals surface area contributed by atoms with Crippen LogP contribution in [0.1, 0.15) is 20.3 Å². The smallest absolute Gasteiger partial charge is 0.256 e. The second kappa shape index (κ2) is 3.81. The second-order valence-corrected chi connectivity index (χ2v) is 3.56. The van der Waals surface area contributed by atoms with Crippen LogP contribution in [0.15, 0.2) is 29.6 Å². The number of carbonyl (C=O) groups is 1. The van der Waals surface area contributed by atoms with E-state index in [1.54, 1.807) is 24.5 Å². The van der Waals surface area contributed by atoms with Crippen LogP contribution >= 0.6 is 0 Å². The van der Waals surface area contributed by atoms with Gasteiger partial charge in [0.15, 0.2) is 0 Å². The number of aromatic nitrogens is 1. The summed E-state index contributed by atoms with van der Waals surface area (Å²) >= 11 is 0. The zero-order valence-corrected chi connectivity index (χ0v) is 8.84. The van der Waals surface area contributed by atoms with Gasteiger partial charge in [-0.3, -0.25) is 9.78 Å². The lowest BCUT2D eigenvalue weighted by molar-refractivity contribution is -0.119. The summed E-state index contributed by atoms with van der Waals surface area (Å²) in [7, 11) is 0. The Labute approximate surface area is 88.6 Å². The van der Waals surface area contributed by atoms with E-state index >= 15 is 0 Å². The molecule has 1 aromatic heterocycles. The molecule has 1 aliphatic rings. The fourth-order valence-electron chi connectivity index (χ4n) is 1.74. The molecule has 1 aliphatic heterocycles. The SMILES string of the molecule is CCC1C(=O)N(c2ccncc2)N=C1C. The van der Waals surface area contributed by atoms with E-state index in [9.17, 15) is 4.79 Å². The Morgan fingerprint density at radius 3 is 2.60 bits per heavy atom. The second-order valence-electron chi connectivity index (χ2n) is 3.56. The maximum Gasteiger partial charge on any atom is 0.256 e. The molecule has 15 heavy (non-hydrogen) atoms. The van der Waals surface area contributed by atoms with Gasteiger partial charge in [-0.2, -0.15) is 5.10 Å². The molecule has 78 valence electrons. The fourth-order valence-corrected chi connectivity index (χ4v) is 1.74. The van der Waals surface area contributed by atoms with E-state index in [2.05, 4.69) is 10.1 Å². The number of rotatable bonds is 2. The molecule has 0 saturated heterocycles. The van der Waals surface area contributed by atoms with Crippen LogP contribution in [-0.2, 0) is 4.79 Å². The maximum atomic E-state index is 11.9. The molecule has 0 bridgehead atoms. The van der Waals surface area contributed by atoms with Crippen LogP contribution in [0.4, 0.5) is 5.69 Å². The van der Waals surface area contributed by atoms with Crippen LogP contribution in [0, 0.1) is 5.92 Å². The van der Waals surface area contributed by atoms with E-state index in [0.717, 1.165) is 17.8 Å². The third-order valence-electron chi connectivity index (χ3n) is 2.58. The van der Waals surface area contributed by atoms with Gasteiger partial charge in [0.2, 0.25) is 0 Å². The quantitative estimate of drug-likeness (QED) is 0.736. The molecule has 0 spiro atoms. The van der Waals surface area contributed by atoms with E-state index in [-0.39, 0.29) is 11.8 Å². The molecule has 1 atom stereocenters. The molecule has 0 saturated carbocycles. The maximum absolute atomic E-state index is 11.9. The Kier molecular flexibility index (Phi) is 2.49. The van der Waals surface area contributed by atoms with E-state index in [1.165, 1.54) is 5.01 Å². The number of carbonyl (C=O) groups excluding carboxylic acids is 1. The third-order valence-corrected chi connectivity index (χ3v) is 2.58. The van der Waals surface area contributed by atoms with Gasteiger partial charge in [0.1, 0.15) is 0 Å². The molecule has 1 amide bonds. The standard InChI is InChI=1S/C11H13N3O/c1-3-10-8(2)13-14(11(10)15)9-4-6-12-7-5-9/h4-7,10H,3H2,1-2H3. The molecule has 0 N–H and O–H groups in total. The van der Waals surface area contributed by atoms with Crippen molar-refractivity contribution in [3.8, 4) is 0 Å². The normalized spacial score (nSPS) is 20.7. The van der Waals surface area contributed by atoms with Crippen molar-refractivity contribution in [2.24, 2.45) is 11.0 Å². The topological polar surface area (TPSA) is 45.6 Å². The Morgan fingerprint density at radius 2 is 2.07 bits per heavy atom. The molecule has 0 fully saturated rings. The van der Waals surface area contributed by atoms with Crippen molar-refractivity contribution in [2.45, 2.75) is 20.3 Å². The molecule has 2 rings (SSSR count). The van der Waals surface area contributed by atoms with Crippen LogP contribution < -0.4 is 5.01 Å². The van der Waals surface area contributed by atoms with Crippen molar-refractivity contribution in [3.05, 3.63) is 24.5 Å². The van der Waals surface area contributed by atoms with Gasteiger partial charge in [-0.15, -0.1) is 0 Å². The van der Waals surface area contributed by atoms with Crippen molar-refractivity contribution in [1.82, 2.24) is 4.98 Å². The Balaban J connectivity index is 2.31. The van der Waals surface area contributed by atoms with Crippen molar-refractivity contribution < 1.29 is 4.79 Å². The molecule has 0 aromatic carbocycles. The summed E-state index contributed by atoms with van der Waals surface area (Å²) in [5.41, 5.74) is 1.67. The first-order chi connectivity index (χ1) is 7.24. The summed E-state index contributed by atoms with van der Waals surface area (Å²) in [4.78, 5) is 15.9. The summed E-state index contributed by atoms with van der Waals surface area (Å²) in [6.45, 7) is 3.89. The number of hydrogen-bond acceptors (Lipinski definition) is 3. The summed E-state index contributed by atoms with van der Waals surface area (Å²) in [5.74, 6) is -0.000588. The highest BCUT2D eigenvalue weighted by Crippen LogP contribution is 2.24. The van der Waals surface area contributed by atoms with Crippen molar-refractivity contribution in [2.75, 3.05) is 5.01 Å². The molecule has 0 radical (unpaired) electrons. The third kappa shape index (κ3) is 1.63. The Bertz CT molecular complexity index is 400. The van der Waals surface area contributed by atoms with Gasteiger partial charge in [-0.05, 0) is 25.5 Å². The highest BCUT2D eigenvalue weighted by molar-refractivity contribution is 6.14. The van der Waals surface area contributed by atoms with Gasteiger partial charge >= 0.3 is 0 Å². The van der Waals surface area contributed by atoms with Gasteiger partial charge < -0.3 is 0 Å². The fraction of sp³-hybridized carbons (Fsp3) is 0.364. The lowest BCUT2D eigenvalue weighted by Gasteiger charge is -2.12. The highest BCUT2D eigenvalue weighted by Gasteiger charge is 2.32. The number of hydrazone groups is 1. The van der Waals surface area contributed by atoms with E-state index in [4.69, 9.17) is 0 Å². The van der Waals surface area contributed by atoms with Crippen molar-refractivity contribution in [3.63, 3.8) is 0 Å². The van der Waals surface area contributed by atoms with Crippen LogP contribution in [-0.4, -0.2) is 16.6 Å². The van der Waals surface area contributed by atoms with Crippen molar-refractivity contribution in [1.29, 1.82) is 0 Å². The number of nitrogens with zero attached hydrogens (tertiary/aromatic N) is 3.